The third-order valence-corrected chi connectivity index (χ3v) is 12.4. The van der Waals surface area contributed by atoms with Crippen LogP contribution in [0.5, 0.6) is 0 Å². The van der Waals surface area contributed by atoms with Gasteiger partial charge in [-0.1, -0.05) is 155 Å². The first-order valence-corrected chi connectivity index (χ1v) is 22.8. The van der Waals surface area contributed by atoms with Gasteiger partial charge in [-0.2, -0.15) is 4.57 Å². The van der Waals surface area contributed by atoms with E-state index in [-0.39, 0.29) is 30.6 Å². The van der Waals surface area contributed by atoms with Crippen molar-refractivity contribution in [2.75, 3.05) is 6.54 Å². The molecular weight excluding hydrogens is 833 g/mol. The van der Waals surface area contributed by atoms with Crippen LogP contribution in [0.25, 0.3) is 21.8 Å². The van der Waals surface area contributed by atoms with E-state index in [2.05, 4.69) is 20.9 Å². The largest absolute Gasteiger partial charge is 0.388 e. The van der Waals surface area contributed by atoms with E-state index in [1.807, 2.05) is 184 Å². The molecule has 12 heteroatoms. The normalized spacial score (nSPS) is 13.2. The summed E-state index contributed by atoms with van der Waals surface area (Å²) in [6.07, 6.45) is -1.31. The van der Waals surface area contributed by atoms with Gasteiger partial charge in [0.2, 0.25) is 17.3 Å². The molecule has 0 aliphatic heterocycles. The third kappa shape index (κ3) is 11.8. The van der Waals surface area contributed by atoms with Crippen LogP contribution in [0.15, 0.2) is 169 Å². The molecule has 7 rings (SSSR count). The van der Waals surface area contributed by atoms with Gasteiger partial charge in [0.25, 0.3) is 11.6 Å². The maximum absolute atomic E-state index is 14.7. The lowest BCUT2D eigenvalue weighted by molar-refractivity contribution is -0.664. The summed E-state index contributed by atoms with van der Waals surface area (Å²) in [7, 11) is 0. The number of benzene rings is 5. The van der Waals surface area contributed by atoms with Crippen molar-refractivity contribution in [3.8, 4) is 0 Å². The average molecular weight is 888 g/mol. The highest BCUT2D eigenvalue weighted by molar-refractivity contribution is 8.00. The van der Waals surface area contributed by atoms with E-state index in [0.717, 1.165) is 32.3 Å². The molecule has 0 aliphatic rings. The van der Waals surface area contributed by atoms with E-state index in [1.165, 1.54) is 16.7 Å². The molecule has 2 heterocycles. The molecule has 0 bridgehead atoms. The van der Waals surface area contributed by atoms with Gasteiger partial charge in [-0.05, 0) is 53.8 Å². The summed E-state index contributed by atoms with van der Waals surface area (Å²) in [5.74, 6) is -2.49. The van der Waals surface area contributed by atoms with Crippen molar-refractivity contribution in [2.24, 2.45) is 11.8 Å². The highest BCUT2D eigenvalue weighted by Crippen LogP contribution is 2.26. The lowest BCUT2D eigenvalue weighted by Crippen LogP contribution is -2.57. The predicted molar refractivity (Wildman–Crippen MR) is 256 cm³/mol. The molecule has 0 saturated carbocycles. The fraction of sp³-hybridized carbons (Fsp3) is 0.245. The van der Waals surface area contributed by atoms with E-state index in [1.54, 1.807) is 12.1 Å². The number of para-hydroxylation sites is 2. The van der Waals surface area contributed by atoms with Gasteiger partial charge >= 0.3 is 5.91 Å². The maximum Gasteiger partial charge on any atom is 0.316 e. The van der Waals surface area contributed by atoms with Gasteiger partial charge in [-0.25, -0.2) is 4.98 Å². The van der Waals surface area contributed by atoms with Crippen LogP contribution in [-0.4, -0.2) is 68.7 Å². The van der Waals surface area contributed by atoms with Crippen LogP contribution >= 0.6 is 11.8 Å². The molecule has 0 radical (unpaired) electrons. The quantitative estimate of drug-likeness (QED) is 0.0396. The fourth-order valence-electron chi connectivity index (χ4n) is 7.70. The number of amides is 4. The number of aliphatic hydroxyl groups is 1. The number of rotatable bonds is 18. The van der Waals surface area contributed by atoms with Crippen LogP contribution in [0.3, 0.4) is 0 Å². The molecule has 65 heavy (non-hydrogen) atoms. The first-order valence-electron chi connectivity index (χ1n) is 21.9. The number of pyridine rings is 2. The zero-order chi connectivity index (χ0) is 45.9. The number of thioether (sulfide) groups is 1. The van der Waals surface area contributed by atoms with Crippen molar-refractivity contribution >= 4 is 57.2 Å². The molecule has 4 atom stereocenters. The summed E-state index contributed by atoms with van der Waals surface area (Å²) in [4.78, 5) is 64.1. The predicted octanol–water partition coefficient (Wildman–Crippen LogP) is 7.56. The van der Waals surface area contributed by atoms with Crippen molar-refractivity contribution in [1.82, 2.24) is 25.8 Å². The Bertz CT molecular complexity index is 2740. The van der Waals surface area contributed by atoms with Crippen LogP contribution < -0.4 is 20.5 Å². The monoisotopic (exact) mass is 887 g/mol. The molecule has 332 valence electrons. The highest BCUT2D eigenvalue weighted by Gasteiger charge is 2.36. The number of aliphatic hydroxyl groups excluding tert-OH is 1. The number of fused-ring (bicyclic) bond motifs is 2. The van der Waals surface area contributed by atoms with Gasteiger partial charge in [0.05, 0.1) is 5.52 Å². The van der Waals surface area contributed by atoms with Crippen molar-refractivity contribution in [1.29, 1.82) is 0 Å². The second kappa shape index (κ2) is 21.7. The van der Waals surface area contributed by atoms with Gasteiger partial charge in [-0.15, -0.1) is 0 Å². The van der Waals surface area contributed by atoms with E-state index < -0.39 is 47.2 Å². The van der Waals surface area contributed by atoms with Crippen LogP contribution in [-0.2, 0) is 22.7 Å². The number of aromatic nitrogens is 2. The number of hydrogen-bond donors (Lipinski definition) is 4. The number of carbonyl (C=O) groups excluding carboxylic acids is 4. The lowest BCUT2D eigenvalue weighted by Gasteiger charge is -2.34. The average Bonchev–Trinajstić information content (AvgIpc) is 3.32. The summed E-state index contributed by atoms with van der Waals surface area (Å²) in [5.41, 5.74) is 3.92. The van der Waals surface area contributed by atoms with Crippen molar-refractivity contribution in [3.63, 3.8) is 0 Å². The minimum absolute atomic E-state index is 0.125. The van der Waals surface area contributed by atoms with Crippen LogP contribution in [0.1, 0.15) is 59.8 Å². The van der Waals surface area contributed by atoms with Crippen molar-refractivity contribution < 1.29 is 28.9 Å². The Kier molecular flexibility index (Phi) is 15.4. The van der Waals surface area contributed by atoms with Gasteiger partial charge in [-0.3, -0.25) is 19.2 Å². The molecule has 0 spiro atoms. The zero-order valence-corrected chi connectivity index (χ0v) is 37.8. The highest BCUT2D eigenvalue weighted by atomic mass is 32.2. The maximum atomic E-state index is 14.7. The minimum atomic E-state index is -1.31. The number of nitrogens with one attached hydrogen (secondary N) is 3. The van der Waals surface area contributed by atoms with Crippen LogP contribution in [0.2, 0.25) is 0 Å². The number of hydrogen-bond acceptors (Lipinski definition) is 7. The Labute approximate surface area is 384 Å². The van der Waals surface area contributed by atoms with E-state index >= 15 is 0 Å². The number of carbonyl (C=O) groups is 4. The van der Waals surface area contributed by atoms with E-state index in [4.69, 9.17) is 0 Å². The summed E-state index contributed by atoms with van der Waals surface area (Å²) in [5, 5.41) is 22.1. The fourth-order valence-corrected chi connectivity index (χ4v) is 8.73. The Morgan fingerprint density at radius 1 is 0.615 bits per heavy atom. The zero-order valence-electron chi connectivity index (χ0n) is 37.0. The van der Waals surface area contributed by atoms with Gasteiger partial charge in [0.15, 0.2) is 6.54 Å². The summed E-state index contributed by atoms with van der Waals surface area (Å²) < 4.78 is 1.95. The first-order chi connectivity index (χ1) is 31.4. The second-order valence-corrected chi connectivity index (χ2v) is 18.0. The smallest absolute Gasteiger partial charge is 0.316 e. The molecular formula is C53H55N6O5S+. The van der Waals surface area contributed by atoms with Crippen LogP contribution in [0.4, 0.5) is 0 Å². The molecule has 0 saturated heterocycles. The SMILES string of the molecule is CC(C)C(NC(=O)c1ccc2ccccc2[n+]1Cc1ccccc1)C(=O)NC(Sc1ccccc1)C(O)CN(Cc1ccccc1)C(=O)[C@@H](NC(=O)c1ccc2ccccc2n1)C(C)C. The standard InChI is InChI=1S/C53H54N6O5S/c1-35(2)47(55-50(62)45-31-29-40-23-15-17-27-44(40)59(45)33-38-20-10-6-11-21-38)51(63)57-52(65-41-24-12-7-13-25-41)46(60)34-58(32-37-18-8-5-9-19-37)53(64)48(36(3)4)56-49(61)43-30-28-39-22-14-16-26-42(39)54-43/h5-31,35-36,46-48,52,60H,32-34H2,1-4H3,(H2-,55,56,57,61,62,63)/p+1/t46?,47?,48-,52?/m0/s1. The summed E-state index contributed by atoms with van der Waals surface area (Å²) in [6, 6.07) is 49.2. The summed E-state index contributed by atoms with van der Waals surface area (Å²) in [6.45, 7) is 7.78. The molecule has 0 aliphatic carbocycles. The van der Waals surface area contributed by atoms with Crippen LogP contribution in [0, 0.1) is 11.8 Å². The van der Waals surface area contributed by atoms with E-state index in [9.17, 15) is 24.3 Å². The Morgan fingerprint density at radius 2 is 1.18 bits per heavy atom. The van der Waals surface area contributed by atoms with Crippen molar-refractivity contribution in [3.05, 3.63) is 186 Å². The van der Waals surface area contributed by atoms with Gasteiger partial charge in [0, 0.05) is 46.5 Å². The molecule has 3 unspecified atom stereocenters. The van der Waals surface area contributed by atoms with Crippen molar-refractivity contribution in [2.45, 2.75) is 69.2 Å². The molecule has 4 amide bonds. The van der Waals surface area contributed by atoms with E-state index in [0.29, 0.717) is 17.8 Å². The third-order valence-electron chi connectivity index (χ3n) is 11.2. The Morgan fingerprint density at radius 3 is 1.86 bits per heavy atom. The molecule has 7 aromatic rings. The molecule has 0 fully saturated rings. The minimum Gasteiger partial charge on any atom is -0.388 e. The van der Waals surface area contributed by atoms with Gasteiger partial charge in [0.1, 0.15) is 29.3 Å². The number of nitrogens with zero attached hydrogens (tertiary/aromatic N) is 3. The lowest BCUT2D eigenvalue weighted by atomic mass is 10.0. The topological polar surface area (TPSA) is 145 Å². The Balaban J connectivity index is 1.14. The molecule has 4 N–H and O–H groups in total. The first kappa shape index (κ1) is 46.1. The molecule has 11 nitrogen and oxygen atoms in total. The van der Waals surface area contributed by atoms with Gasteiger partial charge < -0.3 is 26.0 Å². The molecule has 5 aromatic carbocycles. The summed E-state index contributed by atoms with van der Waals surface area (Å²) >= 11 is 1.24. The second-order valence-electron chi connectivity index (χ2n) is 16.8. The molecule has 2 aromatic heterocycles. The Hall–Kier alpha value is -6.89.